The van der Waals surface area contributed by atoms with E-state index in [-0.39, 0.29) is 12.1 Å². The Balaban J connectivity index is 1.87. The van der Waals surface area contributed by atoms with Gasteiger partial charge in [-0.05, 0) is 19.3 Å². The van der Waals surface area contributed by atoms with E-state index < -0.39 is 11.2 Å². The molecule has 2 rings (SSSR count). The second-order valence-corrected chi connectivity index (χ2v) is 7.06. The number of rotatable bonds is 9. The van der Waals surface area contributed by atoms with Crippen molar-refractivity contribution >= 4 is 33.1 Å². The van der Waals surface area contributed by atoms with Crippen LogP contribution in [0.15, 0.2) is 9.59 Å². The van der Waals surface area contributed by atoms with Crippen molar-refractivity contribution in [3.05, 3.63) is 26.7 Å². The molecule has 0 aliphatic carbocycles. The number of unbranched alkanes of at least 4 members (excludes halogenated alkanes) is 3. The van der Waals surface area contributed by atoms with Crippen LogP contribution in [0.4, 0.5) is 0 Å². The molecule has 2 aromatic heterocycles. The van der Waals surface area contributed by atoms with E-state index in [9.17, 15) is 14.4 Å². The van der Waals surface area contributed by atoms with Crippen LogP contribution in [0.3, 0.4) is 0 Å². The molecular weight excluding hydrogens is 404 g/mol. The predicted molar refractivity (Wildman–Crippen MR) is 103 cm³/mol. The van der Waals surface area contributed by atoms with Gasteiger partial charge in [-0.2, -0.15) is 0 Å². The van der Waals surface area contributed by atoms with E-state index in [1.165, 1.54) is 11.5 Å². The lowest BCUT2D eigenvalue weighted by Gasteiger charge is -2.13. The van der Waals surface area contributed by atoms with Crippen LogP contribution >= 0.6 is 15.9 Å². The van der Waals surface area contributed by atoms with Crippen molar-refractivity contribution in [1.82, 2.24) is 19.1 Å². The zero-order valence-electron chi connectivity index (χ0n) is 15.4. The third-order valence-corrected chi connectivity index (χ3v) is 5.13. The van der Waals surface area contributed by atoms with Crippen molar-refractivity contribution < 1.29 is 9.53 Å². The summed E-state index contributed by atoms with van der Waals surface area (Å²) in [5, 5.41) is 0.652. The Bertz CT molecular complexity index is 883. The minimum Gasteiger partial charge on any atom is -0.462 e. The Morgan fingerprint density at radius 2 is 1.88 bits per heavy atom. The summed E-state index contributed by atoms with van der Waals surface area (Å²) in [6.45, 7) is 1.42. The molecule has 0 fully saturated rings. The molecule has 9 heteroatoms. The second-order valence-electron chi connectivity index (χ2n) is 6.42. The van der Waals surface area contributed by atoms with Gasteiger partial charge in [0, 0.05) is 32.8 Å². The van der Waals surface area contributed by atoms with E-state index in [0.717, 1.165) is 44.3 Å². The fourth-order valence-electron chi connectivity index (χ4n) is 2.99. The van der Waals surface area contributed by atoms with Gasteiger partial charge in [0.2, 0.25) is 0 Å². The number of hydrogen-bond acceptors (Lipinski definition) is 5. The molecule has 1 unspecified atom stereocenters. The van der Waals surface area contributed by atoms with E-state index in [1.54, 1.807) is 18.7 Å². The molecule has 0 spiro atoms. The SMILES string of the molecule is CC(=O)OC(CBr)CCCCCCc1nc2c(c(=O)[nH]c(=O)n2C)n1C. The van der Waals surface area contributed by atoms with E-state index in [2.05, 4.69) is 25.9 Å². The van der Waals surface area contributed by atoms with Crippen LogP contribution in [0, 0.1) is 0 Å². The largest absolute Gasteiger partial charge is 0.462 e. The van der Waals surface area contributed by atoms with Gasteiger partial charge in [0.05, 0.1) is 0 Å². The van der Waals surface area contributed by atoms with Gasteiger partial charge < -0.3 is 9.30 Å². The van der Waals surface area contributed by atoms with Crippen molar-refractivity contribution in [2.75, 3.05) is 5.33 Å². The molecule has 2 aromatic rings. The number of carbonyl (C=O) groups is 1. The highest BCUT2D eigenvalue weighted by Crippen LogP contribution is 2.14. The standard InChI is InChI=1S/C17H25BrN4O4/c1-11(23)26-12(10-18)8-6-4-5-7-9-13-19-15-14(21(13)2)16(24)20-17(25)22(15)3/h12H,4-10H2,1-3H3,(H,20,24,25). The van der Waals surface area contributed by atoms with Gasteiger partial charge in [-0.1, -0.05) is 28.8 Å². The minimum absolute atomic E-state index is 0.0691. The highest BCUT2D eigenvalue weighted by atomic mass is 79.9. The molecule has 1 N–H and O–H groups in total. The number of imidazole rings is 1. The Labute approximate surface area is 159 Å². The maximum Gasteiger partial charge on any atom is 0.329 e. The number of carbonyl (C=O) groups excluding carboxylic acids is 1. The number of fused-ring (bicyclic) bond motifs is 1. The Kier molecular flexibility index (Phi) is 7.19. The van der Waals surface area contributed by atoms with E-state index in [0.29, 0.717) is 16.5 Å². The van der Waals surface area contributed by atoms with Crippen molar-refractivity contribution in [3.8, 4) is 0 Å². The molecule has 144 valence electrons. The van der Waals surface area contributed by atoms with Gasteiger partial charge in [0.1, 0.15) is 11.9 Å². The number of alkyl halides is 1. The lowest BCUT2D eigenvalue weighted by atomic mass is 10.1. The molecule has 0 saturated carbocycles. The Morgan fingerprint density at radius 3 is 2.54 bits per heavy atom. The second kappa shape index (κ2) is 9.16. The smallest absolute Gasteiger partial charge is 0.329 e. The van der Waals surface area contributed by atoms with Gasteiger partial charge in [0.15, 0.2) is 11.2 Å². The number of H-pyrrole nitrogens is 1. The predicted octanol–water partition coefficient (Wildman–Crippen LogP) is 1.78. The van der Waals surface area contributed by atoms with Crippen LogP contribution in [0.5, 0.6) is 0 Å². The van der Waals surface area contributed by atoms with Crippen LogP contribution in [0.1, 0.15) is 44.9 Å². The summed E-state index contributed by atoms with van der Waals surface area (Å²) in [7, 11) is 3.39. The quantitative estimate of drug-likeness (QED) is 0.372. The number of nitrogens with zero attached hydrogens (tertiary/aromatic N) is 3. The number of aromatic nitrogens is 4. The number of halogens is 1. The number of esters is 1. The van der Waals surface area contributed by atoms with Crippen LogP contribution in [-0.4, -0.2) is 36.5 Å². The van der Waals surface area contributed by atoms with Crippen LogP contribution in [0.25, 0.3) is 11.2 Å². The van der Waals surface area contributed by atoms with Crippen LogP contribution in [0.2, 0.25) is 0 Å². The number of ether oxygens (including phenoxy) is 1. The zero-order valence-corrected chi connectivity index (χ0v) is 17.0. The first-order chi connectivity index (χ1) is 12.3. The molecule has 0 aromatic carbocycles. The molecule has 8 nitrogen and oxygen atoms in total. The molecule has 1 atom stereocenters. The fraction of sp³-hybridized carbons (Fsp3) is 0.647. The Hall–Kier alpha value is -1.90. The normalized spacial score (nSPS) is 12.5. The summed E-state index contributed by atoms with van der Waals surface area (Å²) >= 11 is 3.36. The number of aromatic amines is 1. The van der Waals surface area contributed by atoms with E-state index in [4.69, 9.17) is 4.74 Å². The van der Waals surface area contributed by atoms with Crippen molar-refractivity contribution in [1.29, 1.82) is 0 Å². The van der Waals surface area contributed by atoms with Gasteiger partial charge >= 0.3 is 11.7 Å². The van der Waals surface area contributed by atoms with Crippen molar-refractivity contribution in [3.63, 3.8) is 0 Å². The fourth-order valence-corrected chi connectivity index (χ4v) is 3.44. The lowest BCUT2D eigenvalue weighted by molar-refractivity contribution is -0.145. The molecule has 0 radical (unpaired) electrons. The number of nitrogens with one attached hydrogen (secondary N) is 1. The third-order valence-electron chi connectivity index (χ3n) is 4.41. The molecule has 0 bridgehead atoms. The molecule has 2 heterocycles. The summed E-state index contributed by atoms with van der Waals surface area (Å²) in [6.07, 6.45) is 5.50. The maximum absolute atomic E-state index is 12.0. The van der Waals surface area contributed by atoms with Crippen molar-refractivity contribution in [2.45, 2.75) is 51.6 Å². The maximum atomic E-state index is 12.0. The van der Waals surface area contributed by atoms with Crippen LogP contribution in [-0.2, 0) is 30.0 Å². The van der Waals surface area contributed by atoms with E-state index >= 15 is 0 Å². The molecule has 0 aliphatic heterocycles. The highest BCUT2D eigenvalue weighted by Gasteiger charge is 2.14. The molecular formula is C17H25BrN4O4. The van der Waals surface area contributed by atoms with E-state index in [1.807, 2.05) is 0 Å². The van der Waals surface area contributed by atoms with Crippen molar-refractivity contribution in [2.24, 2.45) is 14.1 Å². The average Bonchev–Trinajstić information content (AvgIpc) is 2.91. The summed E-state index contributed by atoms with van der Waals surface area (Å²) < 4.78 is 8.31. The summed E-state index contributed by atoms with van der Waals surface area (Å²) in [6, 6.07) is 0. The van der Waals surface area contributed by atoms with Gasteiger partial charge in [-0.3, -0.25) is 19.1 Å². The first kappa shape index (κ1) is 20.4. The minimum atomic E-state index is -0.457. The monoisotopic (exact) mass is 428 g/mol. The van der Waals surface area contributed by atoms with Crippen LogP contribution < -0.4 is 11.2 Å². The Morgan fingerprint density at radius 1 is 1.19 bits per heavy atom. The first-order valence-electron chi connectivity index (χ1n) is 8.73. The first-order valence-corrected chi connectivity index (χ1v) is 9.85. The van der Waals surface area contributed by atoms with Gasteiger partial charge in [0.25, 0.3) is 5.56 Å². The van der Waals surface area contributed by atoms with Gasteiger partial charge in [-0.15, -0.1) is 0 Å². The summed E-state index contributed by atoms with van der Waals surface area (Å²) in [4.78, 5) is 41.4. The van der Waals surface area contributed by atoms with Gasteiger partial charge in [-0.25, -0.2) is 9.78 Å². The number of hydrogen-bond donors (Lipinski definition) is 1. The summed E-state index contributed by atoms with van der Waals surface area (Å²) in [5.41, 5.74) is -0.0293. The molecule has 0 amide bonds. The number of aryl methyl sites for hydroxylation is 3. The third kappa shape index (κ3) is 4.84. The molecule has 0 aliphatic rings. The lowest BCUT2D eigenvalue weighted by Crippen LogP contribution is -2.29. The topological polar surface area (TPSA) is 99.0 Å². The highest BCUT2D eigenvalue weighted by molar-refractivity contribution is 9.09. The summed E-state index contributed by atoms with van der Waals surface area (Å²) in [5.74, 6) is 0.547. The molecule has 26 heavy (non-hydrogen) atoms. The zero-order chi connectivity index (χ0) is 19.3. The molecule has 0 saturated heterocycles. The average molecular weight is 429 g/mol.